The van der Waals surface area contributed by atoms with Gasteiger partial charge in [0.25, 0.3) is 0 Å². The molecule has 0 aliphatic carbocycles. The van der Waals surface area contributed by atoms with Gasteiger partial charge in [0, 0.05) is 12.1 Å². The van der Waals surface area contributed by atoms with E-state index in [1.54, 1.807) is 12.1 Å². The largest absolute Gasteiger partial charge is 0.495 e. The molecule has 0 spiro atoms. The van der Waals surface area contributed by atoms with E-state index in [-0.39, 0.29) is 0 Å². The van der Waals surface area contributed by atoms with Gasteiger partial charge in [-0.15, -0.1) is 0 Å². The molecule has 0 bridgehead atoms. The van der Waals surface area contributed by atoms with Crippen LogP contribution in [0, 0.1) is 13.8 Å². The zero-order valence-electron chi connectivity index (χ0n) is 17.2. The second kappa shape index (κ2) is 8.92. The van der Waals surface area contributed by atoms with Crippen molar-refractivity contribution >= 4 is 38.9 Å². The Morgan fingerprint density at radius 1 is 1.07 bits per heavy atom. The summed E-state index contributed by atoms with van der Waals surface area (Å²) in [6, 6.07) is 7.26. The summed E-state index contributed by atoms with van der Waals surface area (Å²) < 4.78 is 36.5. The predicted molar refractivity (Wildman–Crippen MR) is 116 cm³/mol. The molecule has 1 atom stereocenters. The summed E-state index contributed by atoms with van der Waals surface area (Å²) in [6.07, 6.45) is 1.07. The average molecular weight is 441 g/mol. The highest BCUT2D eigenvalue weighted by molar-refractivity contribution is 7.92. The number of rotatable bonds is 7. The number of anilines is 2. The molecule has 0 heterocycles. The molecule has 1 amide bonds. The van der Waals surface area contributed by atoms with Gasteiger partial charge in [0.15, 0.2) is 0 Å². The maximum absolute atomic E-state index is 12.9. The number of ether oxygens (including phenoxy) is 2. The van der Waals surface area contributed by atoms with Crippen LogP contribution in [0.15, 0.2) is 30.3 Å². The molecule has 0 fully saturated rings. The molecule has 0 radical (unpaired) electrons. The van der Waals surface area contributed by atoms with Gasteiger partial charge in [-0.2, -0.15) is 0 Å². The van der Waals surface area contributed by atoms with E-state index < -0.39 is 22.0 Å². The van der Waals surface area contributed by atoms with E-state index in [9.17, 15) is 13.2 Å². The van der Waals surface area contributed by atoms with Gasteiger partial charge < -0.3 is 14.8 Å². The van der Waals surface area contributed by atoms with Crippen molar-refractivity contribution in [1.82, 2.24) is 0 Å². The average Bonchev–Trinajstić information content (AvgIpc) is 2.64. The Labute approximate surface area is 176 Å². The van der Waals surface area contributed by atoms with Gasteiger partial charge in [-0.05, 0) is 44.0 Å². The first-order valence-electron chi connectivity index (χ1n) is 8.78. The number of methoxy groups -OCH3 is 2. The van der Waals surface area contributed by atoms with Gasteiger partial charge in [0.1, 0.15) is 17.5 Å². The zero-order chi connectivity index (χ0) is 21.9. The number of aryl methyl sites for hydroxylation is 2. The van der Waals surface area contributed by atoms with E-state index in [1.165, 1.54) is 33.3 Å². The number of amides is 1. The molecule has 0 saturated heterocycles. The van der Waals surface area contributed by atoms with E-state index in [0.29, 0.717) is 27.9 Å². The van der Waals surface area contributed by atoms with E-state index in [0.717, 1.165) is 21.7 Å². The van der Waals surface area contributed by atoms with Gasteiger partial charge in [-0.3, -0.25) is 9.10 Å². The summed E-state index contributed by atoms with van der Waals surface area (Å²) in [4.78, 5) is 12.9. The van der Waals surface area contributed by atoms with Crippen LogP contribution in [0.25, 0.3) is 0 Å². The molecule has 0 aliphatic rings. The second-order valence-corrected chi connectivity index (χ2v) is 8.95. The number of carbonyl (C=O) groups is 1. The summed E-state index contributed by atoms with van der Waals surface area (Å²) in [5, 5.41) is 3.03. The van der Waals surface area contributed by atoms with Crippen molar-refractivity contribution in [2.45, 2.75) is 26.8 Å². The minimum absolute atomic E-state index is 0.319. The summed E-state index contributed by atoms with van der Waals surface area (Å²) in [7, 11) is -0.833. The normalized spacial score (nSPS) is 12.2. The fourth-order valence-electron chi connectivity index (χ4n) is 2.87. The van der Waals surface area contributed by atoms with Gasteiger partial charge >= 0.3 is 0 Å². The summed E-state index contributed by atoms with van der Waals surface area (Å²) >= 11 is 6.09. The molecule has 158 valence electrons. The van der Waals surface area contributed by atoms with Crippen molar-refractivity contribution < 1.29 is 22.7 Å². The first-order valence-corrected chi connectivity index (χ1v) is 11.0. The molecule has 1 N–H and O–H groups in total. The molecule has 29 heavy (non-hydrogen) atoms. The Hall–Kier alpha value is -2.45. The third-order valence-corrected chi connectivity index (χ3v) is 6.10. The molecule has 0 unspecified atom stereocenters. The maximum atomic E-state index is 12.9. The van der Waals surface area contributed by atoms with Gasteiger partial charge in [0.2, 0.25) is 15.9 Å². The Kier molecular flexibility index (Phi) is 7.02. The molecule has 0 saturated carbocycles. The minimum Gasteiger partial charge on any atom is -0.495 e. The number of nitrogens with one attached hydrogen (secondary N) is 1. The lowest BCUT2D eigenvalue weighted by atomic mass is 10.1. The Balaban J connectivity index is 2.41. The Morgan fingerprint density at radius 2 is 1.69 bits per heavy atom. The van der Waals surface area contributed by atoms with Gasteiger partial charge in [-0.25, -0.2) is 8.42 Å². The molecule has 2 aromatic rings. The van der Waals surface area contributed by atoms with Crippen LogP contribution < -0.4 is 19.1 Å². The number of nitrogens with zero attached hydrogens (tertiary/aromatic N) is 1. The number of carbonyl (C=O) groups excluding carboxylic acids is 1. The van der Waals surface area contributed by atoms with Crippen LogP contribution in [-0.2, 0) is 14.8 Å². The smallest absolute Gasteiger partial charge is 0.248 e. The quantitative estimate of drug-likeness (QED) is 0.708. The highest BCUT2D eigenvalue weighted by atomic mass is 35.5. The van der Waals surface area contributed by atoms with Crippen LogP contribution in [-0.4, -0.2) is 40.8 Å². The standard InChI is InChI=1S/C20H25ClN2O5S/c1-12-7-8-15(9-13(12)2)23(29(6,25)26)14(3)20(24)22-17-11-18(27-4)16(21)10-19(17)28-5/h7-11,14H,1-6H3,(H,22,24)/t14-/m0/s1. The number of benzene rings is 2. The fraction of sp³-hybridized carbons (Fsp3) is 0.350. The number of sulfonamides is 1. The monoisotopic (exact) mass is 440 g/mol. The number of hydrogen-bond donors (Lipinski definition) is 1. The second-order valence-electron chi connectivity index (χ2n) is 6.68. The lowest BCUT2D eigenvalue weighted by molar-refractivity contribution is -0.116. The van der Waals surface area contributed by atoms with Crippen LogP contribution in [0.5, 0.6) is 11.5 Å². The first-order chi connectivity index (χ1) is 13.5. The molecule has 7 nitrogen and oxygen atoms in total. The number of hydrogen-bond acceptors (Lipinski definition) is 5. The van der Waals surface area contributed by atoms with E-state index in [1.807, 2.05) is 19.9 Å². The highest BCUT2D eigenvalue weighted by Gasteiger charge is 2.30. The molecule has 0 aromatic heterocycles. The van der Waals surface area contributed by atoms with Crippen molar-refractivity contribution in [1.29, 1.82) is 0 Å². The van der Waals surface area contributed by atoms with Gasteiger partial charge in [-0.1, -0.05) is 17.7 Å². The molecule has 2 rings (SSSR count). The lowest BCUT2D eigenvalue weighted by Gasteiger charge is -2.29. The molecule has 0 aliphatic heterocycles. The zero-order valence-corrected chi connectivity index (χ0v) is 18.8. The topological polar surface area (TPSA) is 84.9 Å². The molecule has 9 heteroatoms. The molecule has 2 aromatic carbocycles. The highest BCUT2D eigenvalue weighted by Crippen LogP contribution is 2.36. The van der Waals surface area contributed by atoms with Crippen LogP contribution in [0.1, 0.15) is 18.1 Å². The Bertz CT molecular complexity index is 1020. The number of halogens is 1. The summed E-state index contributed by atoms with van der Waals surface area (Å²) in [5.41, 5.74) is 2.68. The molecular formula is C20H25ClN2O5S. The Morgan fingerprint density at radius 3 is 2.21 bits per heavy atom. The summed E-state index contributed by atoms with van der Waals surface area (Å²) in [5.74, 6) is 0.148. The van der Waals surface area contributed by atoms with E-state index >= 15 is 0 Å². The van der Waals surface area contributed by atoms with Crippen LogP contribution in [0.2, 0.25) is 5.02 Å². The lowest BCUT2D eigenvalue weighted by Crippen LogP contribution is -2.45. The first kappa shape index (κ1) is 22.8. The maximum Gasteiger partial charge on any atom is 0.248 e. The fourth-order valence-corrected chi connectivity index (χ4v) is 4.26. The predicted octanol–water partition coefficient (Wildman–Crippen LogP) is 3.77. The van der Waals surface area contributed by atoms with Crippen molar-refractivity contribution in [2.75, 3.05) is 30.1 Å². The van der Waals surface area contributed by atoms with Crippen LogP contribution in [0.3, 0.4) is 0 Å². The van der Waals surface area contributed by atoms with Crippen molar-refractivity contribution in [3.8, 4) is 11.5 Å². The third kappa shape index (κ3) is 5.13. The minimum atomic E-state index is -3.72. The van der Waals surface area contributed by atoms with E-state index in [2.05, 4.69) is 5.32 Å². The van der Waals surface area contributed by atoms with E-state index in [4.69, 9.17) is 21.1 Å². The van der Waals surface area contributed by atoms with Crippen molar-refractivity contribution in [2.24, 2.45) is 0 Å². The van der Waals surface area contributed by atoms with Crippen LogP contribution >= 0.6 is 11.6 Å². The van der Waals surface area contributed by atoms with Crippen molar-refractivity contribution in [3.63, 3.8) is 0 Å². The van der Waals surface area contributed by atoms with Crippen molar-refractivity contribution in [3.05, 3.63) is 46.5 Å². The molecular weight excluding hydrogens is 416 g/mol. The van der Waals surface area contributed by atoms with Crippen LogP contribution in [0.4, 0.5) is 11.4 Å². The summed E-state index contributed by atoms with van der Waals surface area (Å²) in [6.45, 7) is 5.33. The third-order valence-electron chi connectivity index (χ3n) is 4.57. The SMILES string of the molecule is COc1cc(NC(=O)[C@H](C)N(c2ccc(C)c(C)c2)S(C)(=O)=O)c(OC)cc1Cl. The van der Waals surface area contributed by atoms with Gasteiger partial charge in [0.05, 0.1) is 36.9 Å².